The Morgan fingerprint density at radius 3 is 2.09 bits per heavy atom. The Morgan fingerprint density at radius 1 is 1.04 bits per heavy atom. The molecule has 128 valence electrons. The second kappa shape index (κ2) is 8.77. The van der Waals surface area contributed by atoms with Crippen molar-refractivity contribution in [2.24, 2.45) is 4.99 Å². The highest BCUT2D eigenvalue weighted by atomic mass is 32.2. The van der Waals surface area contributed by atoms with Crippen LogP contribution in [0.25, 0.3) is 0 Å². The molecule has 0 aliphatic heterocycles. The minimum absolute atomic E-state index is 0.507. The number of anilines is 1. The molecule has 2 nitrogen and oxygen atoms in total. The third kappa shape index (κ3) is 5.00. The molecule has 0 amide bonds. The number of hydrogen-bond acceptors (Lipinski definition) is 2. The summed E-state index contributed by atoms with van der Waals surface area (Å²) in [4.78, 5) is 5.02. The van der Waals surface area contributed by atoms with Crippen LogP contribution in [0.4, 0.5) is 5.69 Å². The molecule has 1 fully saturated rings. The van der Waals surface area contributed by atoms with Crippen LogP contribution >= 0.6 is 11.8 Å². The molecule has 0 saturated heterocycles. The SMILES string of the molecule is CSC(=NC1CCCCC1)Nc1c(C(C)C)cccc1C(C)C. The van der Waals surface area contributed by atoms with Crippen LogP contribution in [0.15, 0.2) is 23.2 Å². The molecule has 0 radical (unpaired) electrons. The van der Waals surface area contributed by atoms with E-state index in [1.165, 1.54) is 48.9 Å². The van der Waals surface area contributed by atoms with E-state index in [9.17, 15) is 0 Å². The quantitative estimate of drug-likeness (QED) is 0.510. The smallest absolute Gasteiger partial charge is 0.161 e. The van der Waals surface area contributed by atoms with Crippen molar-refractivity contribution in [1.82, 2.24) is 0 Å². The van der Waals surface area contributed by atoms with Crippen LogP contribution in [-0.4, -0.2) is 17.5 Å². The first-order valence-electron chi connectivity index (χ1n) is 9.04. The number of aliphatic imine (C=N–C) groups is 1. The second-order valence-corrected chi connectivity index (χ2v) is 7.97. The minimum Gasteiger partial charge on any atom is -0.335 e. The molecule has 2 rings (SSSR count). The molecular formula is C20H32N2S. The van der Waals surface area contributed by atoms with E-state index in [-0.39, 0.29) is 0 Å². The van der Waals surface area contributed by atoms with Crippen LogP contribution in [-0.2, 0) is 0 Å². The lowest BCUT2D eigenvalue weighted by atomic mass is 9.93. The molecule has 1 aliphatic rings. The highest BCUT2D eigenvalue weighted by molar-refractivity contribution is 8.13. The van der Waals surface area contributed by atoms with Gasteiger partial charge in [-0.2, -0.15) is 0 Å². The van der Waals surface area contributed by atoms with E-state index in [2.05, 4.69) is 57.5 Å². The molecule has 0 spiro atoms. The van der Waals surface area contributed by atoms with Gasteiger partial charge in [-0.05, 0) is 42.1 Å². The lowest BCUT2D eigenvalue weighted by Gasteiger charge is -2.23. The van der Waals surface area contributed by atoms with Crippen LogP contribution in [0, 0.1) is 0 Å². The van der Waals surface area contributed by atoms with Gasteiger partial charge in [0.2, 0.25) is 0 Å². The highest BCUT2D eigenvalue weighted by Gasteiger charge is 2.17. The molecule has 1 aliphatic carbocycles. The van der Waals surface area contributed by atoms with Crippen LogP contribution < -0.4 is 5.32 Å². The average molecular weight is 333 g/mol. The predicted molar refractivity (Wildman–Crippen MR) is 106 cm³/mol. The van der Waals surface area contributed by atoms with Crippen LogP contribution in [0.2, 0.25) is 0 Å². The van der Waals surface area contributed by atoms with Gasteiger partial charge in [-0.3, -0.25) is 4.99 Å². The van der Waals surface area contributed by atoms with Crippen LogP contribution in [0.5, 0.6) is 0 Å². The third-order valence-corrected chi connectivity index (χ3v) is 5.27. The number of rotatable bonds is 4. The van der Waals surface area contributed by atoms with Gasteiger partial charge in [0.25, 0.3) is 0 Å². The summed E-state index contributed by atoms with van der Waals surface area (Å²) in [5.41, 5.74) is 4.06. The summed E-state index contributed by atoms with van der Waals surface area (Å²) in [6, 6.07) is 7.19. The molecule has 23 heavy (non-hydrogen) atoms. The number of thioether (sulfide) groups is 1. The van der Waals surface area contributed by atoms with Crippen LogP contribution in [0.1, 0.15) is 82.8 Å². The monoisotopic (exact) mass is 332 g/mol. The summed E-state index contributed by atoms with van der Waals surface area (Å²) in [5.74, 6) is 1.02. The zero-order chi connectivity index (χ0) is 16.8. The van der Waals surface area contributed by atoms with E-state index in [0.29, 0.717) is 17.9 Å². The third-order valence-electron chi connectivity index (χ3n) is 4.67. The van der Waals surface area contributed by atoms with Crippen molar-refractivity contribution in [2.45, 2.75) is 77.7 Å². The molecule has 1 N–H and O–H groups in total. The molecular weight excluding hydrogens is 300 g/mol. The van der Waals surface area contributed by atoms with E-state index in [4.69, 9.17) is 4.99 Å². The Balaban J connectivity index is 2.30. The molecule has 3 heteroatoms. The maximum Gasteiger partial charge on any atom is 0.161 e. The van der Waals surface area contributed by atoms with E-state index in [0.717, 1.165) is 5.17 Å². The summed E-state index contributed by atoms with van der Waals surface area (Å²) in [6.07, 6.45) is 8.65. The maximum absolute atomic E-state index is 5.02. The van der Waals surface area contributed by atoms with Crippen molar-refractivity contribution in [3.63, 3.8) is 0 Å². The summed E-state index contributed by atoms with van der Waals surface area (Å²) < 4.78 is 0. The first-order valence-corrected chi connectivity index (χ1v) is 10.3. The van der Waals surface area contributed by atoms with Crippen molar-refractivity contribution in [2.75, 3.05) is 11.6 Å². The average Bonchev–Trinajstić information content (AvgIpc) is 2.54. The van der Waals surface area contributed by atoms with Gasteiger partial charge < -0.3 is 5.32 Å². The molecule has 0 unspecified atom stereocenters. The first kappa shape index (κ1) is 18.4. The summed E-state index contributed by atoms with van der Waals surface area (Å²) in [7, 11) is 0. The zero-order valence-corrected chi connectivity index (χ0v) is 16.2. The number of benzene rings is 1. The lowest BCUT2D eigenvalue weighted by Crippen LogP contribution is -2.18. The predicted octanol–water partition coefficient (Wildman–Crippen LogP) is 6.40. The Labute approximate surface area is 146 Å². The van der Waals surface area contributed by atoms with Gasteiger partial charge in [0.1, 0.15) is 0 Å². The fraction of sp³-hybridized carbons (Fsp3) is 0.650. The molecule has 1 saturated carbocycles. The molecule has 1 aromatic rings. The first-order chi connectivity index (χ1) is 11.0. The zero-order valence-electron chi connectivity index (χ0n) is 15.4. The topological polar surface area (TPSA) is 24.4 Å². The number of nitrogens with zero attached hydrogens (tertiary/aromatic N) is 1. The second-order valence-electron chi connectivity index (χ2n) is 7.18. The molecule has 0 heterocycles. The van der Waals surface area contributed by atoms with Gasteiger partial charge >= 0.3 is 0 Å². The molecule has 0 atom stereocenters. The number of para-hydroxylation sites is 1. The van der Waals surface area contributed by atoms with Crippen molar-refractivity contribution in [3.05, 3.63) is 29.3 Å². The number of amidine groups is 1. The van der Waals surface area contributed by atoms with Gasteiger partial charge in [0.15, 0.2) is 5.17 Å². The largest absolute Gasteiger partial charge is 0.335 e. The van der Waals surface area contributed by atoms with E-state index < -0.39 is 0 Å². The van der Waals surface area contributed by atoms with Crippen molar-refractivity contribution in [1.29, 1.82) is 0 Å². The van der Waals surface area contributed by atoms with Crippen molar-refractivity contribution < 1.29 is 0 Å². The molecule has 1 aromatic carbocycles. The molecule has 0 bridgehead atoms. The fourth-order valence-corrected chi connectivity index (χ4v) is 3.77. The van der Waals surface area contributed by atoms with Gasteiger partial charge in [0.05, 0.1) is 6.04 Å². The Morgan fingerprint density at radius 2 is 1.61 bits per heavy atom. The van der Waals surface area contributed by atoms with E-state index in [1.54, 1.807) is 11.8 Å². The number of hydrogen-bond donors (Lipinski definition) is 1. The van der Waals surface area contributed by atoms with Crippen molar-refractivity contribution >= 4 is 22.6 Å². The maximum atomic E-state index is 5.02. The summed E-state index contributed by atoms with van der Waals surface area (Å²) in [6.45, 7) is 9.06. The Kier molecular flexibility index (Phi) is 7.01. The normalized spacial score (nSPS) is 17.1. The van der Waals surface area contributed by atoms with Gasteiger partial charge in [-0.25, -0.2) is 0 Å². The van der Waals surface area contributed by atoms with E-state index in [1.807, 2.05) is 0 Å². The van der Waals surface area contributed by atoms with Crippen LogP contribution in [0.3, 0.4) is 0 Å². The fourth-order valence-electron chi connectivity index (χ4n) is 3.31. The Bertz CT molecular complexity index is 502. The highest BCUT2D eigenvalue weighted by Crippen LogP contribution is 2.33. The molecule has 0 aromatic heterocycles. The van der Waals surface area contributed by atoms with Gasteiger partial charge in [-0.1, -0.05) is 76.9 Å². The Hall–Kier alpha value is -0.960. The lowest BCUT2D eigenvalue weighted by molar-refractivity contribution is 0.444. The van der Waals surface area contributed by atoms with Crippen molar-refractivity contribution in [3.8, 4) is 0 Å². The van der Waals surface area contributed by atoms with Gasteiger partial charge in [0, 0.05) is 5.69 Å². The summed E-state index contributed by atoms with van der Waals surface area (Å²) in [5, 5.41) is 4.76. The number of nitrogens with one attached hydrogen (secondary N) is 1. The standard InChI is InChI=1S/C20H32N2S/c1-14(2)17-12-9-13-18(15(3)4)19(17)22-20(23-5)21-16-10-7-6-8-11-16/h9,12-16H,6-8,10-11H2,1-5H3,(H,21,22). The summed E-state index contributed by atoms with van der Waals surface area (Å²) >= 11 is 1.74. The minimum atomic E-state index is 0.507. The van der Waals surface area contributed by atoms with Gasteiger partial charge in [-0.15, -0.1) is 0 Å². The van der Waals surface area contributed by atoms with E-state index >= 15 is 0 Å².